The van der Waals surface area contributed by atoms with Gasteiger partial charge in [0.1, 0.15) is 11.4 Å². The van der Waals surface area contributed by atoms with E-state index in [1.807, 2.05) is 44.2 Å². The number of benzene rings is 1. The maximum atomic E-state index is 9.00. The first kappa shape index (κ1) is 12.4. The van der Waals surface area contributed by atoms with Gasteiger partial charge in [0.25, 0.3) is 0 Å². The van der Waals surface area contributed by atoms with E-state index in [9.17, 15) is 0 Å². The zero-order valence-electron chi connectivity index (χ0n) is 11.4. The molecule has 0 bridgehead atoms. The minimum Gasteiger partial charge on any atom is -0.482 e. The molecular weight excluding hydrogens is 248 g/mol. The summed E-state index contributed by atoms with van der Waals surface area (Å²) < 4.78 is 6.07. The highest BCUT2D eigenvalue weighted by molar-refractivity contribution is 5.88. The number of pyridine rings is 1. The van der Waals surface area contributed by atoms with E-state index in [0.29, 0.717) is 5.56 Å². The van der Waals surface area contributed by atoms with Crippen LogP contribution in [0.2, 0.25) is 0 Å². The van der Waals surface area contributed by atoms with Crippen molar-refractivity contribution in [3.63, 3.8) is 0 Å². The average Bonchev–Trinajstić information content (AvgIpc) is 2.46. The van der Waals surface area contributed by atoms with Gasteiger partial charge in [0.2, 0.25) is 0 Å². The quantitative estimate of drug-likeness (QED) is 0.787. The van der Waals surface area contributed by atoms with Gasteiger partial charge in [-0.15, -0.1) is 0 Å². The molecule has 0 aliphatic carbocycles. The first-order chi connectivity index (χ1) is 9.60. The third kappa shape index (κ3) is 2.06. The summed E-state index contributed by atoms with van der Waals surface area (Å²) in [6, 6.07) is 13.4. The summed E-state index contributed by atoms with van der Waals surface area (Å²) in [5.74, 6) is 0.800. The second-order valence-electron chi connectivity index (χ2n) is 5.25. The Kier molecular flexibility index (Phi) is 2.80. The molecule has 0 unspecified atom stereocenters. The Hall–Kier alpha value is -2.60. The predicted octanol–water partition coefficient (Wildman–Crippen LogP) is 3.66. The zero-order chi connectivity index (χ0) is 14.2. The Labute approximate surface area is 118 Å². The molecule has 2 heterocycles. The van der Waals surface area contributed by atoms with Gasteiger partial charge >= 0.3 is 0 Å². The summed E-state index contributed by atoms with van der Waals surface area (Å²) in [6.07, 6.45) is 3.83. The second kappa shape index (κ2) is 4.50. The van der Waals surface area contributed by atoms with Crippen molar-refractivity contribution >= 4 is 11.6 Å². The Morgan fingerprint density at radius 3 is 2.75 bits per heavy atom. The molecule has 3 rings (SSSR count). The smallest absolute Gasteiger partial charge is 0.131 e. The molecular formula is C17H14N2O. The van der Waals surface area contributed by atoms with Crippen molar-refractivity contribution in [1.29, 1.82) is 5.26 Å². The van der Waals surface area contributed by atoms with E-state index < -0.39 is 5.60 Å². The predicted molar refractivity (Wildman–Crippen MR) is 78.0 cm³/mol. The summed E-state index contributed by atoms with van der Waals surface area (Å²) in [5, 5.41) is 9.00. The van der Waals surface area contributed by atoms with Crippen molar-refractivity contribution in [2.75, 3.05) is 0 Å². The van der Waals surface area contributed by atoms with Crippen molar-refractivity contribution in [2.24, 2.45) is 0 Å². The molecule has 3 heteroatoms. The van der Waals surface area contributed by atoms with Crippen LogP contribution in [0, 0.1) is 11.3 Å². The van der Waals surface area contributed by atoms with Gasteiger partial charge in [-0.3, -0.25) is 4.98 Å². The van der Waals surface area contributed by atoms with E-state index in [2.05, 4.69) is 17.1 Å². The third-order valence-electron chi connectivity index (χ3n) is 3.39. The fourth-order valence-electron chi connectivity index (χ4n) is 2.39. The molecule has 20 heavy (non-hydrogen) atoms. The van der Waals surface area contributed by atoms with Crippen LogP contribution in [0.1, 0.15) is 30.7 Å². The van der Waals surface area contributed by atoms with Crippen molar-refractivity contribution in [1.82, 2.24) is 4.98 Å². The van der Waals surface area contributed by atoms with Gasteiger partial charge < -0.3 is 4.74 Å². The fraction of sp³-hybridized carbons (Fsp3) is 0.176. The zero-order valence-corrected chi connectivity index (χ0v) is 11.4. The van der Waals surface area contributed by atoms with Crippen LogP contribution in [0.4, 0.5) is 0 Å². The van der Waals surface area contributed by atoms with Gasteiger partial charge in [-0.05, 0) is 50.3 Å². The lowest BCUT2D eigenvalue weighted by atomic mass is 9.89. The number of hydrogen-bond acceptors (Lipinski definition) is 3. The van der Waals surface area contributed by atoms with Gasteiger partial charge in [-0.1, -0.05) is 6.07 Å². The highest BCUT2D eigenvalue weighted by Crippen LogP contribution is 2.39. The molecule has 0 amide bonds. The molecule has 0 saturated heterocycles. The van der Waals surface area contributed by atoms with Crippen molar-refractivity contribution in [3.05, 3.63) is 59.4 Å². The fourth-order valence-corrected chi connectivity index (χ4v) is 2.39. The van der Waals surface area contributed by atoms with E-state index in [1.54, 1.807) is 12.3 Å². The van der Waals surface area contributed by atoms with Gasteiger partial charge in [-0.2, -0.15) is 5.26 Å². The van der Waals surface area contributed by atoms with E-state index >= 15 is 0 Å². The number of ether oxygens (including phenoxy) is 1. The number of nitriles is 1. The molecule has 0 fully saturated rings. The van der Waals surface area contributed by atoms with Crippen LogP contribution in [0.15, 0.2) is 42.6 Å². The highest BCUT2D eigenvalue weighted by Gasteiger charge is 2.31. The van der Waals surface area contributed by atoms with Crippen LogP contribution < -0.4 is 4.74 Å². The van der Waals surface area contributed by atoms with Crippen molar-refractivity contribution in [2.45, 2.75) is 19.4 Å². The number of nitrogens with zero attached hydrogens (tertiary/aromatic N) is 2. The van der Waals surface area contributed by atoms with Gasteiger partial charge in [0, 0.05) is 17.3 Å². The Bertz CT molecular complexity index is 724. The molecule has 2 aromatic rings. The summed E-state index contributed by atoms with van der Waals surface area (Å²) in [7, 11) is 0. The van der Waals surface area contributed by atoms with Crippen LogP contribution in [0.25, 0.3) is 11.6 Å². The molecule has 1 aliphatic rings. The summed E-state index contributed by atoms with van der Waals surface area (Å²) in [6.45, 7) is 4.04. The molecule has 3 nitrogen and oxygen atoms in total. The Morgan fingerprint density at radius 2 is 2.05 bits per heavy atom. The van der Waals surface area contributed by atoms with Gasteiger partial charge in [0.05, 0.1) is 17.3 Å². The molecule has 0 N–H and O–H groups in total. The van der Waals surface area contributed by atoms with E-state index in [4.69, 9.17) is 10.00 Å². The number of fused-ring (bicyclic) bond motifs is 1. The summed E-state index contributed by atoms with van der Waals surface area (Å²) in [4.78, 5) is 4.40. The van der Waals surface area contributed by atoms with Crippen LogP contribution in [0.3, 0.4) is 0 Å². The minimum absolute atomic E-state index is 0.449. The molecule has 98 valence electrons. The lowest BCUT2D eigenvalue weighted by molar-refractivity contribution is 0.169. The largest absolute Gasteiger partial charge is 0.482 e. The molecule has 1 aromatic carbocycles. The Balaban J connectivity index is 2.17. The first-order valence-electron chi connectivity index (χ1n) is 6.47. The molecule has 0 spiro atoms. The lowest BCUT2D eigenvalue weighted by Crippen LogP contribution is -2.32. The van der Waals surface area contributed by atoms with E-state index in [-0.39, 0.29) is 0 Å². The standard InChI is InChI=1S/C17H14N2O/c1-17(2)14(15-5-3-4-8-19-15)10-13-9-12(11-18)6-7-16(13)20-17/h3-10H,1-2H3. The molecule has 1 aliphatic heterocycles. The summed E-state index contributed by atoms with van der Waals surface area (Å²) in [5.41, 5.74) is 3.01. The van der Waals surface area contributed by atoms with E-state index in [1.165, 1.54) is 0 Å². The van der Waals surface area contributed by atoms with Crippen molar-refractivity contribution in [3.8, 4) is 11.8 Å². The van der Waals surface area contributed by atoms with Crippen LogP contribution in [-0.2, 0) is 0 Å². The second-order valence-corrected chi connectivity index (χ2v) is 5.25. The molecule has 0 atom stereocenters. The van der Waals surface area contributed by atoms with Crippen LogP contribution in [-0.4, -0.2) is 10.6 Å². The number of hydrogen-bond donors (Lipinski definition) is 0. The molecule has 1 aromatic heterocycles. The topological polar surface area (TPSA) is 45.9 Å². The third-order valence-corrected chi connectivity index (χ3v) is 3.39. The van der Waals surface area contributed by atoms with Gasteiger partial charge in [0.15, 0.2) is 0 Å². The minimum atomic E-state index is -0.449. The maximum Gasteiger partial charge on any atom is 0.131 e. The van der Waals surface area contributed by atoms with Crippen LogP contribution >= 0.6 is 0 Å². The first-order valence-corrected chi connectivity index (χ1v) is 6.47. The molecule has 0 saturated carbocycles. The molecule has 0 radical (unpaired) electrons. The van der Waals surface area contributed by atoms with E-state index in [0.717, 1.165) is 22.6 Å². The monoisotopic (exact) mass is 262 g/mol. The number of aromatic nitrogens is 1. The van der Waals surface area contributed by atoms with Crippen molar-refractivity contribution < 1.29 is 4.74 Å². The van der Waals surface area contributed by atoms with Gasteiger partial charge in [-0.25, -0.2) is 0 Å². The SMILES string of the molecule is CC1(C)Oc2ccc(C#N)cc2C=C1c1ccccn1. The lowest BCUT2D eigenvalue weighted by Gasteiger charge is -2.33. The Morgan fingerprint density at radius 1 is 1.20 bits per heavy atom. The maximum absolute atomic E-state index is 9.00. The number of rotatable bonds is 1. The van der Waals surface area contributed by atoms with Crippen LogP contribution in [0.5, 0.6) is 5.75 Å². The average molecular weight is 262 g/mol. The highest BCUT2D eigenvalue weighted by atomic mass is 16.5. The summed E-state index contributed by atoms with van der Waals surface area (Å²) >= 11 is 0. The normalized spacial score (nSPS) is 15.6.